The first-order chi connectivity index (χ1) is 11.1. The van der Waals surface area contributed by atoms with E-state index in [9.17, 15) is 14.0 Å². The van der Waals surface area contributed by atoms with Crippen LogP contribution in [-0.2, 0) is 4.79 Å². The molecule has 2 aliphatic heterocycles. The molecule has 23 heavy (non-hydrogen) atoms. The van der Waals surface area contributed by atoms with E-state index in [0.29, 0.717) is 12.1 Å². The second kappa shape index (κ2) is 7.08. The number of hydrogen-bond acceptors (Lipinski definition) is 3. The molecule has 1 aromatic carbocycles. The summed E-state index contributed by atoms with van der Waals surface area (Å²) >= 11 is 0. The minimum absolute atomic E-state index is 0.124. The van der Waals surface area contributed by atoms with Crippen molar-refractivity contribution in [3.05, 3.63) is 35.6 Å². The number of hydrogen-bond donors (Lipinski definition) is 2. The van der Waals surface area contributed by atoms with E-state index < -0.39 is 0 Å². The molecule has 124 valence electrons. The number of carbonyl (C=O) groups excluding carboxylic acids is 2. The van der Waals surface area contributed by atoms with Crippen molar-refractivity contribution in [2.75, 3.05) is 26.2 Å². The van der Waals surface area contributed by atoms with Crippen molar-refractivity contribution < 1.29 is 14.0 Å². The molecular weight excluding hydrogens is 297 g/mol. The predicted octanol–water partition coefficient (Wildman–Crippen LogP) is 1.16. The van der Waals surface area contributed by atoms with Gasteiger partial charge in [0.2, 0.25) is 5.91 Å². The highest BCUT2D eigenvalue weighted by Gasteiger charge is 2.33. The molecule has 0 bridgehead atoms. The Kier molecular flexibility index (Phi) is 4.91. The van der Waals surface area contributed by atoms with E-state index in [4.69, 9.17) is 0 Å². The van der Waals surface area contributed by atoms with Gasteiger partial charge in [-0.3, -0.25) is 9.59 Å². The maximum Gasteiger partial charge on any atom is 0.251 e. The first-order valence-electron chi connectivity index (χ1n) is 8.19. The van der Waals surface area contributed by atoms with Gasteiger partial charge in [0.15, 0.2) is 0 Å². The van der Waals surface area contributed by atoms with Crippen molar-refractivity contribution in [2.45, 2.75) is 25.3 Å². The SMILES string of the molecule is O=C(NCC1CNC(C(=O)N2CCCC2)C1)c1ccc(F)cc1. The molecule has 2 aliphatic rings. The Morgan fingerprint density at radius 3 is 2.61 bits per heavy atom. The topological polar surface area (TPSA) is 61.4 Å². The van der Waals surface area contributed by atoms with Gasteiger partial charge in [-0.05, 0) is 49.4 Å². The summed E-state index contributed by atoms with van der Waals surface area (Å²) in [5.41, 5.74) is 0.446. The van der Waals surface area contributed by atoms with Crippen molar-refractivity contribution in [3.8, 4) is 0 Å². The Hall–Kier alpha value is -1.95. The van der Waals surface area contributed by atoms with Crippen LogP contribution in [0.2, 0.25) is 0 Å². The summed E-state index contributed by atoms with van der Waals surface area (Å²) in [5.74, 6) is -0.130. The van der Waals surface area contributed by atoms with Gasteiger partial charge in [0.1, 0.15) is 5.82 Å². The molecule has 2 fully saturated rings. The van der Waals surface area contributed by atoms with Gasteiger partial charge in [-0.2, -0.15) is 0 Å². The smallest absolute Gasteiger partial charge is 0.251 e. The highest BCUT2D eigenvalue weighted by atomic mass is 19.1. The second-order valence-electron chi connectivity index (χ2n) is 6.31. The maximum atomic E-state index is 12.9. The molecule has 2 amide bonds. The van der Waals surface area contributed by atoms with Gasteiger partial charge >= 0.3 is 0 Å². The molecule has 5 nitrogen and oxygen atoms in total. The van der Waals surface area contributed by atoms with Crippen molar-refractivity contribution in [3.63, 3.8) is 0 Å². The third-order valence-electron chi connectivity index (χ3n) is 4.60. The van der Waals surface area contributed by atoms with Crippen molar-refractivity contribution >= 4 is 11.8 Å². The minimum Gasteiger partial charge on any atom is -0.352 e. The van der Waals surface area contributed by atoms with Gasteiger partial charge in [0.25, 0.3) is 5.91 Å². The molecule has 2 unspecified atom stereocenters. The zero-order valence-corrected chi connectivity index (χ0v) is 13.1. The molecular formula is C17H22FN3O2. The average molecular weight is 319 g/mol. The van der Waals surface area contributed by atoms with Crippen LogP contribution in [0.5, 0.6) is 0 Å². The highest BCUT2D eigenvalue weighted by molar-refractivity contribution is 5.94. The quantitative estimate of drug-likeness (QED) is 0.875. The van der Waals surface area contributed by atoms with Crippen LogP contribution < -0.4 is 10.6 Å². The summed E-state index contributed by atoms with van der Waals surface area (Å²) in [6.45, 7) is 2.98. The first kappa shape index (κ1) is 15.9. The molecule has 2 N–H and O–H groups in total. The number of carbonyl (C=O) groups is 2. The Morgan fingerprint density at radius 2 is 1.91 bits per heavy atom. The minimum atomic E-state index is -0.357. The maximum absolute atomic E-state index is 12.9. The van der Waals surface area contributed by atoms with Gasteiger partial charge in [0.05, 0.1) is 6.04 Å². The lowest BCUT2D eigenvalue weighted by Gasteiger charge is -2.20. The number of rotatable bonds is 4. The number of amides is 2. The Balaban J connectivity index is 1.45. The van der Waals surface area contributed by atoms with Crippen LogP contribution in [0, 0.1) is 11.7 Å². The lowest BCUT2D eigenvalue weighted by Crippen LogP contribution is -2.42. The lowest BCUT2D eigenvalue weighted by atomic mass is 10.0. The molecule has 0 aliphatic carbocycles. The van der Waals surface area contributed by atoms with Gasteiger partial charge in [0, 0.05) is 31.7 Å². The first-order valence-corrected chi connectivity index (χ1v) is 8.19. The summed E-state index contributed by atoms with van der Waals surface area (Å²) in [6.07, 6.45) is 2.93. The molecule has 3 rings (SSSR count). The molecule has 2 saturated heterocycles. The van der Waals surface area contributed by atoms with E-state index >= 15 is 0 Å². The molecule has 2 atom stereocenters. The standard InChI is InChI=1S/C17H22FN3O2/c18-14-5-3-13(4-6-14)16(22)20-11-12-9-15(19-10-12)17(23)21-7-1-2-8-21/h3-6,12,15,19H,1-2,7-11H2,(H,20,22). The summed E-state index contributed by atoms with van der Waals surface area (Å²) in [5, 5.41) is 6.13. The molecule has 0 saturated carbocycles. The fourth-order valence-electron chi connectivity index (χ4n) is 3.25. The fourth-order valence-corrected chi connectivity index (χ4v) is 3.25. The predicted molar refractivity (Wildman–Crippen MR) is 84.4 cm³/mol. The van der Waals surface area contributed by atoms with Crippen LogP contribution in [0.4, 0.5) is 4.39 Å². The van der Waals surface area contributed by atoms with Gasteiger partial charge in [-0.25, -0.2) is 4.39 Å². The van der Waals surface area contributed by atoms with Gasteiger partial charge < -0.3 is 15.5 Å². The van der Waals surface area contributed by atoms with Crippen LogP contribution >= 0.6 is 0 Å². The van der Waals surface area contributed by atoms with E-state index in [1.807, 2.05) is 4.90 Å². The number of nitrogens with zero attached hydrogens (tertiary/aromatic N) is 1. The van der Waals surface area contributed by atoms with Gasteiger partial charge in [-0.1, -0.05) is 0 Å². The molecule has 6 heteroatoms. The summed E-state index contributed by atoms with van der Waals surface area (Å²) < 4.78 is 12.9. The van der Waals surface area contributed by atoms with Crippen LogP contribution in [0.3, 0.4) is 0 Å². The van der Waals surface area contributed by atoms with Crippen molar-refractivity contribution in [1.29, 1.82) is 0 Å². The third-order valence-corrected chi connectivity index (χ3v) is 4.60. The van der Waals surface area contributed by atoms with Crippen LogP contribution in [0.15, 0.2) is 24.3 Å². The second-order valence-corrected chi connectivity index (χ2v) is 6.31. The van der Waals surface area contributed by atoms with Crippen LogP contribution in [0.1, 0.15) is 29.6 Å². The van der Waals surface area contributed by atoms with Crippen LogP contribution in [-0.4, -0.2) is 48.9 Å². The van der Waals surface area contributed by atoms with E-state index in [-0.39, 0.29) is 29.6 Å². The zero-order valence-electron chi connectivity index (χ0n) is 13.1. The molecule has 0 radical (unpaired) electrons. The largest absolute Gasteiger partial charge is 0.352 e. The molecule has 1 aromatic rings. The van der Waals surface area contributed by atoms with E-state index in [1.165, 1.54) is 24.3 Å². The Labute approximate surface area is 135 Å². The highest BCUT2D eigenvalue weighted by Crippen LogP contribution is 2.18. The lowest BCUT2D eigenvalue weighted by molar-refractivity contribution is -0.132. The van der Waals surface area contributed by atoms with Crippen molar-refractivity contribution in [2.24, 2.45) is 5.92 Å². The Bertz CT molecular complexity index is 570. The fraction of sp³-hybridized carbons (Fsp3) is 0.529. The molecule has 0 aromatic heterocycles. The monoisotopic (exact) mass is 319 g/mol. The number of benzene rings is 1. The molecule has 2 heterocycles. The number of halogens is 1. The Morgan fingerprint density at radius 1 is 1.22 bits per heavy atom. The van der Waals surface area contributed by atoms with Crippen LogP contribution in [0.25, 0.3) is 0 Å². The van der Waals surface area contributed by atoms with Crippen molar-refractivity contribution in [1.82, 2.24) is 15.5 Å². The summed E-state index contributed by atoms with van der Waals surface area (Å²) in [7, 11) is 0. The van der Waals surface area contributed by atoms with Gasteiger partial charge in [-0.15, -0.1) is 0 Å². The third kappa shape index (κ3) is 3.88. The molecule has 0 spiro atoms. The van der Waals surface area contributed by atoms with E-state index in [1.54, 1.807) is 0 Å². The normalized spacial score (nSPS) is 24.0. The zero-order chi connectivity index (χ0) is 16.2. The number of likely N-dealkylation sites (tertiary alicyclic amines) is 1. The summed E-state index contributed by atoms with van der Waals surface area (Å²) in [4.78, 5) is 26.3. The van der Waals surface area contributed by atoms with E-state index in [0.717, 1.165) is 38.9 Å². The average Bonchev–Trinajstić information content (AvgIpc) is 3.24. The summed E-state index contributed by atoms with van der Waals surface area (Å²) in [6, 6.07) is 5.36. The number of nitrogens with one attached hydrogen (secondary N) is 2. The van der Waals surface area contributed by atoms with E-state index in [2.05, 4.69) is 10.6 Å².